The van der Waals surface area contributed by atoms with Crippen LogP contribution in [0, 0.1) is 13.8 Å². The van der Waals surface area contributed by atoms with E-state index in [0.29, 0.717) is 6.42 Å². The summed E-state index contributed by atoms with van der Waals surface area (Å²) < 4.78 is 5.76. The zero-order valence-corrected chi connectivity index (χ0v) is 17.1. The first-order valence-corrected chi connectivity index (χ1v) is 10.0. The number of aryl methyl sites for hydroxylation is 2. The molecule has 2 heterocycles. The predicted molar refractivity (Wildman–Crippen MR) is 114 cm³/mol. The Labute approximate surface area is 172 Å². The summed E-state index contributed by atoms with van der Waals surface area (Å²) in [6.45, 7) is 6.25. The van der Waals surface area contributed by atoms with Crippen molar-refractivity contribution in [3.05, 3.63) is 94.3 Å². The number of carbonyl (C=O) groups is 1. The number of nitrogens with one attached hydrogen (secondary N) is 1. The van der Waals surface area contributed by atoms with Crippen molar-refractivity contribution in [3.8, 4) is 5.75 Å². The maximum Gasteiger partial charge on any atom is 0.225 e. The average molecular weight is 386 g/mol. The summed E-state index contributed by atoms with van der Waals surface area (Å²) in [5.74, 6) is 0.934. The topological polar surface area (TPSA) is 51.2 Å². The maximum absolute atomic E-state index is 12.9. The van der Waals surface area contributed by atoms with Gasteiger partial charge in [-0.25, -0.2) is 0 Å². The molecule has 4 heteroatoms. The molecule has 0 fully saturated rings. The van der Waals surface area contributed by atoms with Crippen LogP contribution in [0.5, 0.6) is 5.75 Å². The quantitative estimate of drug-likeness (QED) is 0.704. The number of pyridine rings is 1. The number of benzene rings is 2. The summed E-state index contributed by atoms with van der Waals surface area (Å²) in [4.78, 5) is 17.0. The second kappa shape index (κ2) is 8.08. The highest BCUT2D eigenvalue weighted by Crippen LogP contribution is 2.30. The summed E-state index contributed by atoms with van der Waals surface area (Å²) in [5, 5.41) is 3.22. The summed E-state index contributed by atoms with van der Waals surface area (Å²) in [5.41, 5.74) is 6.73. The molecule has 148 valence electrons. The Morgan fingerprint density at radius 1 is 1.07 bits per heavy atom. The van der Waals surface area contributed by atoms with Gasteiger partial charge in [0.05, 0.1) is 12.5 Å². The molecule has 0 saturated heterocycles. The number of nitrogens with zero attached hydrogens (tertiary/aromatic N) is 1. The number of rotatable bonds is 5. The van der Waals surface area contributed by atoms with E-state index in [2.05, 4.69) is 55.3 Å². The minimum absolute atomic E-state index is 0.00282. The summed E-state index contributed by atoms with van der Waals surface area (Å²) >= 11 is 0. The fourth-order valence-corrected chi connectivity index (χ4v) is 3.84. The summed E-state index contributed by atoms with van der Waals surface area (Å²) in [6.07, 6.45) is 4.96. The molecule has 0 unspecified atom stereocenters. The van der Waals surface area contributed by atoms with Crippen LogP contribution in [0.4, 0.5) is 0 Å². The van der Waals surface area contributed by atoms with Crippen molar-refractivity contribution >= 4 is 5.91 Å². The van der Waals surface area contributed by atoms with Gasteiger partial charge in [0.15, 0.2) is 0 Å². The Kier molecular flexibility index (Phi) is 5.34. The number of amides is 1. The molecule has 0 saturated carbocycles. The van der Waals surface area contributed by atoms with Gasteiger partial charge in [-0.2, -0.15) is 0 Å². The van der Waals surface area contributed by atoms with Gasteiger partial charge in [0.25, 0.3) is 0 Å². The molecule has 4 rings (SSSR count). The van der Waals surface area contributed by atoms with E-state index >= 15 is 0 Å². The molecular formula is C25H26N2O2. The molecule has 1 aromatic heterocycles. The predicted octanol–water partition coefficient (Wildman–Crippen LogP) is 4.47. The van der Waals surface area contributed by atoms with Gasteiger partial charge in [-0.05, 0) is 72.4 Å². The number of hydrogen-bond acceptors (Lipinski definition) is 3. The Morgan fingerprint density at radius 3 is 2.62 bits per heavy atom. The van der Waals surface area contributed by atoms with Crippen LogP contribution in [-0.4, -0.2) is 17.0 Å². The smallest absolute Gasteiger partial charge is 0.225 e. The van der Waals surface area contributed by atoms with E-state index in [9.17, 15) is 4.79 Å². The van der Waals surface area contributed by atoms with E-state index in [1.165, 1.54) is 16.7 Å². The molecule has 1 N–H and O–H groups in total. The first-order chi connectivity index (χ1) is 14.0. The number of hydrogen-bond donors (Lipinski definition) is 1. The van der Waals surface area contributed by atoms with Gasteiger partial charge in [0.2, 0.25) is 5.91 Å². The average Bonchev–Trinajstić information content (AvgIpc) is 3.08. The van der Waals surface area contributed by atoms with Gasteiger partial charge in [0, 0.05) is 18.8 Å². The molecule has 1 aliphatic rings. The highest BCUT2D eigenvalue weighted by Gasteiger charge is 2.21. The van der Waals surface area contributed by atoms with Crippen molar-refractivity contribution in [2.45, 2.75) is 45.8 Å². The largest absolute Gasteiger partial charge is 0.490 e. The van der Waals surface area contributed by atoms with Crippen LogP contribution < -0.4 is 10.1 Å². The van der Waals surface area contributed by atoms with E-state index in [0.717, 1.165) is 28.9 Å². The lowest BCUT2D eigenvalue weighted by Gasteiger charge is -2.21. The van der Waals surface area contributed by atoms with Crippen molar-refractivity contribution in [2.24, 2.45) is 0 Å². The minimum Gasteiger partial charge on any atom is -0.490 e. The third-order valence-electron chi connectivity index (χ3n) is 5.53. The second-order valence-corrected chi connectivity index (χ2v) is 7.88. The van der Waals surface area contributed by atoms with Crippen LogP contribution in [0.15, 0.2) is 60.9 Å². The first-order valence-electron chi connectivity index (χ1n) is 10.0. The lowest BCUT2D eigenvalue weighted by atomic mass is 9.96. The Balaban J connectivity index is 1.55. The molecule has 29 heavy (non-hydrogen) atoms. The fraction of sp³-hybridized carbons (Fsp3) is 0.280. The van der Waals surface area contributed by atoms with E-state index in [-0.39, 0.29) is 18.1 Å². The van der Waals surface area contributed by atoms with Gasteiger partial charge < -0.3 is 10.1 Å². The number of ether oxygens (including phenoxy) is 1. The SMILES string of the molecule is Cc1ccc([C@H](NC(=O)Cc2ccc3c(c2)C[C@H](C)O3)c2ccncc2)cc1C. The van der Waals surface area contributed by atoms with Crippen LogP contribution in [0.3, 0.4) is 0 Å². The lowest BCUT2D eigenvalue weighted by molar-refractivity contribution is -0.120. The zero-order chi connectivity index (χ0) is 20.4. The van der Waals surface area contributed by atoms with Crippen LogP contribution >= 0.6 is 0 Å². The third-order valence-corrected chi connectivity index (χ3v) is 5.53. The standard InChI is InChI=1S/C25H26N2O2/c1-16-4-6-21(12-17(16)2)25(20-8-10-26-11-9-20)27-24(28)15-19-5-7-23-22(14-19)13-18(3)29-23/h4-12,14,18,25H,13,15H2,1-3H3,(H,27,28)/t18-,25+/m0/s1. The van der Waals surface area contributed by atoms with Crippen molar-refractivity contribution in [3.63, 3.8) is 0 Å². The monoisotopic (exact) mass is 386 g/mol. The van der Waals surface area contributed by atoms with Gasteiger partial charge in [-0.15, -0.1) is 0 Å². The van der Waals surface area contributed by atoms with E-state index < -0.39 is 0 Å². The van der Waals surface area contributed by atoms with Gasteiger partial charge >= 0.3 is 0 Å². The molecular weight excluding hydrogens is 360 g/mol. The Hall–Kier alpha value is -3.14. The highest BCUT2D eigenvalue weighted by atomic mass is 16.5. The lowest BCUT2D eigenvalue weighted by Crippen LogP contribution is -2.30. The van der Waals surface area contributed by atoms with E-state index in [4.69, 9.17) is 4.74 Å². The summed E-state index contributed by atoms with van der Waals surface area (Å²) in [7, 11) is 0. The molecule has 3 aromatic rings. The van der Waals surface area contributed by atoms with Crippen molar-refractivity contribution < 1.29 is 9.53 Å². The summed E-state index contributed by atoms with van der Waals surface area (Å²) in [6, 6.07) is 16.1. The van der Waals surface area contributed by atoms with Gasteiger partial charge in [-0.1, -0.05) is 30.3 Å². The van der Waals surface area contributed by atoms with Crippen molar-refractivity contribution in [1.29, 1.82) is 0 Å². The molecule has 0 bridgehead atoms. The fourth-order valence-electron chi connectivity index (χ4n) is 3.84. The maximum atomic E-state index is 12.9. The molecule has 0 aliphatic carbocycles. The third kappa shape index (κ3) is 4.32. The van der Waals surface area contributed by atoms with Crippen LogP contribution in [-0.2, 0) is 17.6 Å². The highest BCUT2D eigenvalue weighted by molar-refractivity contribution is 5.79. The van der Waals surface area contributed by atoms with Gasteiger partial charge in [-0.3, -0.25) is 9.78 Å². The van der Waals surface area contributed by atoms with E-state index in [1.54, 1.807) is 12.4 Å². The second-order valence-electron chi connectivity index (χ2n) is 7.88. The molecule has 1 aliphatic heterocycles. The number of aromatic nitrogens is 1. The molecule has 2 aromatic carbocycles. The first kappa shape index (κ1) is 19.2. The number of fused-ring (bicyclic) bond motifs is 1. The Morgan fingerprint density at radius 2 is 1.86 bits per heavy atom. The molecule has 2 atom stereocenters. The molecule has 0 radical (unpaired) electrons. The number of carbonyl (C=O) groups excluding carboxylic acids is 1. The van der Waals surface area contributed by atoms with Crippen molar-refractivity contribution in [2.75, 3.05) is 0 Å². The van der Waals surface area contributed by atoms with E-state index in [1.807, 2.05) is 24.3 Å². The zero-order valence-electron chi connectivity index (χ0n) is 17.1. The van der Waals surface area contributed by atoms with Crippen LogP contribution in [0.2, 0.25) is 0 Å². The van der Waals surface area contributed by atoms with Crippen molar-refractivity contribution in [1.82, 2.24) is 10.3 Å². The molecule has 1 amide bonds. The minimum atomic E-state index is -0.206. The molecule has 0 spiro atoms. The van der Waals surface area contributed by atoms with Crippen LogP contribution in [0.25, 0.3) is 0 Å². The molecule has 4 nitrogen and oxygen atoms in total. The van der Waals surface area contributed by atoms with Gasteiger partial charge in [0.1, 0.15) is 11.9 Å². The Bertz CT molecular complexity index is 1030. The van der Waals surface area contributed by atoms with Crippen LogP contribution in [0.1, 0.15) is 46.3 Å². The normalized spacial score (nSPS) is 16.0.